The van der Waals surface area contributed by atoms with Gasteiger partial charge in [-0.15, -0.1) is 0 Å². The molecule has 0 aromatic heterocycles. The summed E-state index contributed by atoms with van der Waals surface area (Å²) in [4.78, 5) is 2.48. The van der Waals surface area contributed by atoms with E-state index in [9.17, 15) is 0 Å². The number of nitrogens with two attached hydrogens (primary N) is 1. The normalized spacial score (nSPS) is 27.3. The Hall–Kier alpha value is -1.22. The van der Waals surface area contributed by atoms with Crippen LogP contribution in [-0.4, -0.2) is 25.7 Å². The molecule has 3 rings (SSSR count). The molecule has 0 spiro atoms. The van der Waals surface area contributed by atoms with Gasteiger partial charge in [-0.3, -0.25) is 0 Å². The fourth-order valence-corrected chi connectivity index (χ4v) is 3.33. The summed E-state index contributed by atoms with van der Waals surface area (Å²) in [6.07, 6.45) is 6.20. The monoisotopic (exact) mass is 260 g/mol. The first-order valence-corrected chi connectivity index (χ1v) is 7.57. The van der Waals surface area contributed by atoms with Crippen molar-refractivity contribution in [3.05, 3.63) is 24.3 Å². The zero-order valence-corrected chi connectivity index (χ0v) is 11.6. The molecule has 19 heavy (non-hydrogen) atoms. The van der Waals surface area contributed by atoms with E-state index in [1.165, 1.54) is 31.4 Å². The van der Waals surface area contributed by atoms with E-state index < -0.39 is 0 Å². The highest BCUT2D eigenvalue weighted by Gasteiger charge is 2.25. The van der Waals surface area contributed by atoms with Crippen LogP contribution in [0.1, 0.15) is 32.1 Å². The Morgan fingerprint density at radius 2 is 2.00 bits per heavy atom. The minimum atomic E-state index is 0.380. The van der Waals surface area contributed by atoms with Crippen LogP contribution in [-0.2, 0) is 0 Å². The van der Waals surface area contributed by atoms with E-state index in [2.05, 4.69) is 29.2 Å². The minimum Gasteiger partial charge on any atom is -0.491 e. The van der Waals surface area contributed by atoms with Crippen LogP contribution in [0.15, 0.2) is 24.3 Å². The topological polar surface area (TPSA) is 38.5 Å². The maximum Gasteiger partial charge on any atom is 0.142 e. The lowest BCUT2D eigenvalue weighted by atomic mass is 9.84. The van der Waals surface area contributed by atoms with Crippen molar-refractivity contribution in [3.63, 3.8) is 0 Å². The van der Waals surface area contributed by atoms with Crippen LogP contribution in [0.2, 0.25) is 0 Å². The van der Waals surface area contributed by atoms with Crippen molar-refractivity contribution in [1.82, 2.24) is 0 Å². The zero-order valence-electron chi connectivity index (χ0n) is 11.6. The number of nitrogens with zero attached hydrogens (tertiary/aromatic N) is 1. The maximum absolute atomic E-state index is 6.30. The first-order valence-electron chi connectivity index (χ1n) is 7.57. The predicted molar refractivity (Wildman–Crippen MR) is 78.7 cm³/mol. The third-order valence-corrected chi connectivity index (χ3v) is 4.46. The van der Waals surface area contributed by atoms with Gasteiger partial charge in [0.1, 0.15) is 5.75 Å². The molecule has 0 saturated heterocycles. The molecule has 1 saturated carbocycles. The fourth-order valence-electron chi connectivity index (χ4n) is 3.33. The third kappa shape index (κ3) is 2.86. The highest BCUT2D eigenvalue weighted by atomic mass is 16.5. The summed E-state index contributed by atoms with van der Waals surface area (Å²) >= 11 is 0. The molecule has 2 unspecified atom stereocenters. The van der Waals surface area contributed by atoms with Gasteiger partial charge in [-0.2, -0.15) is 0 Å². The van der Waals surface area contributed by atoms with Gasteiger partial charge in [0.05, 0.1) is 12.3 Å². The summed E-state index contributed by atoms with van der Waals surface area (Å²) in [5.41, 5.74) is 7.55. The van der Waals surface area contributed by atoms with Crippen molar-refractivity contribution in [2.45, 2.75) is 38.1 Å². The summed E-state index contributed by atoms with van der Waals surface area (Å²) < 4.78 is 5.82. The summed E-state index contributed by atoms with van der Waals surface area (Å²) in [7, 11) is 0. The number of rotatable bonds is 2. The number of ether oxygens (including phenoxy) is 1. The lowest BCUT2D eigenvalue weighted by Crippen LogP contribution is -2.41. The average Bonchev–Trinajstić information content (AvgIpc) is 2.64. The number of para-hydroxylation sites is 2. The highest BCUT2D eigenvalue weighted by molar-refractivity contribution is 5.59. The predicted octanol–water partition coefficient (Wildman–Crippen LogP) is 2.79. The summed E-state index contributed by atoms with van der Waals surface area (Å²) in [5.74, 6) is 1.67. The van der Waals surface area contributed by atoms with Crippen molar-refractivity contribution in [2.24, 2.45) is 11.7 Å². The van der Waals surface area contributed by atoms with E-state index in [-0.39, 0.29) is 0 Å². The van der Waals surface area contributed by atoms with Gasteiger partial charge in [0.2, 0.25) is 0 Å². The van der Waals surface area contributed by atoms with Gasteiger partial charge in [-0.25, -0.2) is 0 Å². The number of benzene rings is 1. The number of anilines is 1. The largest absolute Gasteiger partial charge is 0.491 e. The Kier molecular flexibility index (Phi) is 3.92. The molecular formula is C16H24N2O. The molecule has 1 aromatic rings. The van der Waals surface area contributed by atoms with Gasteiger partial charge in [-0.05, 0) is 37.3 Å². The Morgan fingerprint density at radius 3 is 2.89 bits per heavy atom. The summed E-state index contributed by atoms with van der Waals surface area (Å²) in [5, 5.41) is 0. The van der Waals surface area contributed by atoms with Gasteiger partial charge in [-0.1, -0.05) is 25.0 Å². The molecule has 1 heterocycles. The molecule has 2 atom stereocenters. The van der Waals surface area contributed by atoms with E-state index in [1.54, 1.807) is 0 Å². The van der Waals surface area contributed by atoms with Gasteiger partial charge in [0.25, 0.3) is 0 Å². The molecule has 0 bridgehead atoms. The Bertz CT molecular complexity index is 421. The van der Waals surface area contributed by atoms with Crippen molar-refractivity contribution in [2.75, 3.05) is 24.6 Å². The Labute approximate surface area is 115 Å². The van der Waals surface area contributed by atoms with Crippen molar-refractivity contribution in [1.29, 1.82) is 0 Å². The minimum absolute atomic E-state index is 0.380. The molecule has 0 radical (unpaired) electrons. The maximum atomic E-state index is 6.30. The average molecular weight is 260 g/mol. The number of hydrogen-bond acceptors (Lipinski definition) is 3. The van der Waals surface area contributed by atoms with Crippen molar-refractivity contribution in [3.8, 4) is 5.75 Å². The lowest BCUT2D eigenvalue weighted by molar-refractivity contribution is 0.307. The standard InChI is InChI=1S/C16H24N2O/c17-14-7-2-1-6-13(14)12-18-10-5-11-19-16-9-4-3-8-15(16)18/h3-4,8-9,13-14H,1-2,5-7,10-12,17H2. The summed E-state index contributed by atoms with van der Waals surface area (Å²) in [6.45, 7) is 2.99. The molecule has 3 heteroatoms. The molecule has 104 valence electrons. The first kappa shape index (κ1) is 12.8. The Morgan fingerprint density at radius 1 is 1.16 bits per heavy atom. The van der Waals surface area contributed by atoms with Crippen molar-refractivity contribution < 1.29 is 4.74 Å². The van der Waals surface area contributed by atoms with E-state index in [4.69, 9.17) is 10.5 Å². The second kappa shape index (κ2) is 5.83. The third-order valence-electron chi connectivity index (χ3n) is 4.46. The molecular weight excluding hydrogens is 236 g/mol. The molecule has 0 amide bonds. The highest BCUT2D eigenvalue weighted by Crippen LogP contribution is 2.33. The van der Waals surface area contributed by atoms with E-state index >= 15 is 0 Å². The second-order valence-electron chi connectivity index (χ2n) is 5.82. The fraction of sp³-hybridized carbons (Fsp3) is 0.625. The van der Waals surface area contributed by atoms with Gasteiger partial charge in [0, 0.05) is 19.1 Å². The molecule has 1 aromatic carbocycles. The van der Waals surface area contributed by atoms with Gasteiger partial charge < -0.3 is 15.4 Å². The molecule has 1 aliphatic heterocycles. The molecule has 2 N–H and O–H groups in total. The number of fused-ring (bicyclic) bond motifs is 1. The zero-order chi connectivity index (χ0) is 13.1. The van der Waals surface area contributed by atoms with Gasteiger partial charge >= 0.3 is 0 Å². The van der Waals surface area contributed by atoms with Crippen molar-refractivity contribution >= 4 is 5.69 Å². The van der Waals surface area contributed by atoms with E-state index in [1.807, 2.05) is 0 Å². The van der Waals surface area contributed by atoms with E-state index in [0.717, 1.165) is 31.9 Å². The van der Waals surface area contributed by atoms with Crippen LogP contribution < -0.4 is 15.4 Å². The Balaban J connectivity index is 1.76. The van der Waals surface area contributed by atoms with Crippen LogP contribution in [0.25, 0.3) is 0 Å². The smallest absolute Gasteiger partial charge is 0.142 e. The summed E-state index contributed by atoms with van der Waals surface area (Å²) in [6, 6.07) is 8.78. The number of hydrogen-bond donors (Lipinski definition) is 1. The van der Waals surface area contributed by atoms with Crippen LogP contribution >= 0.6 is 0 Å². The van der Waals surface area contributed by atoms with Crippen LogP contribution in [0.5, 0.6) is 5.75 Å². The quantitative estimate of drug-likeness (QED) is 0.888. The van der Waals surface area contributed by atoms with Gasteiger partial charge in [0.15, 0.2) is 0 Å². The molecule has 3 nitrogen and oxygen atoms in total. The van der Waals surface area contributed by atoms with Crippen LogP contribution in [0.3, 0.4) is 0 Å². The lowest BCUT2D eigenvalue weighted by Gasteiger charge is -2.34. The van der Waals surface area contributed by atoms with Crippen LogP contribution in [0, 0.1) is 5.92 Å². The van der Waals surface area contributed by atoms with E-state index in [0.29, 0.717) is 12.0 Å². The SMILES string of the molecule is NC1CCCCC1CN1CCCOc2ccccc21. The molecule has 2 aliphatic rings. The molecule has 1 aliphatic carbocycles. The van der Waals surface area contributed by atoms with Crippen LogP contribution in [0.4, 0.5) is 5.69 Å². The first-order chi connectivity index (χ1) is 9.34. The molecule has 1 fully saturated rings. The second-order valence-corrected chi connectivity index (χ2v) is 5.82.